The molecule has 3 rings (SSSR count). The number of ether oxygens (including phenoxy) is 1. The van der Waals surface area contributed by atoms with Gasteiger partial charge in [0.1, 0.15) is 0 Å². The zero-order chi connectivity index (χ0) is 21.0. The highest BCUT2D eigenvalue weighted by atomic mass is 16.5. The summed E-state index contributed by atoms with van der Waals surface area (Å²) in [5, 5.41) is 0. The highest BCUT2D eigenvalue weighted by molar-refractivity contribution is 6.01. The lowest BCUT2D eigenvalue weighted by Crippen LogP contribution is -2.17. The Morgan fingerprint density at radius 3 is 2.24 bits per heavy atom. The maximum atomic E-state index is 12.3. The number of esters is 1. The fourth-order valence-electron chi connectivity index (χ4n) is 3.25. The lowest BCUT2D eigenvalue weighted by Gasteiger charge is -2.24. The van der Waals surface area contributed by atoms with E-state index in [9.17, 15) is 9.59 Å². The predicted molar refractivity (Wildman–Crippen MR) is 115 cm³/mol. The molecule has 0 spiro atoms. The van der Waals surface area contributed by atoms with E-state index in [1.807, 2.05) is 48.3 Å². The van der Waals surface area contributed by atoms with E-state index in [0.717, 1.165) is 16.8 Å². The van der Waals surface area contributed by atoms with Gasteiger partial charge in [0.2, 0.25) is 5.91 Å². The van der Waals surface area contributed by atoms with Gasteiger partial charge in [0, 0.05) is 18.3 Å². The summed E-state index contributed by atoms with van der Waals surface area (Å²) in [5.74, 6) is -0.897. The Morgan fingerprint density at radius 1 is 0.931 bits per heavy atom. The average Bonchev–Trinajstić information content (AvgIpc) is 2.73. The summed E-state index contributed by atoms with van der Waals surface area (Å²) >= 11 is 0. The first-order chi connectivity index (χ1) is 13.9. The van der Waals surface area contributed by atoms with Crippen LogP contribution < -0.4 is 16.4 Å². The number of nitrogens with two attached hydrogens (primary N) is 2. The molecule has 3 aromatic rings. The third-order valence-corrected chi connectivity index (χ3v) is 4.66. The Bertz CT molecular complexity index is 1050. The minimum absolute atomic E-state index is 0.282. The van der Waals surface area contributed by atoms with Gasteiger partial charge in [0.15, 0.2) is 0 Å². The van der Waals surface area contributed by atoms with Gasteiger partial charge in [-0.25, -0.2) is 4.79 Å². The van der Waals surface area contributed by atoms with Crippen LogP contribution in [0.1, 0.15) is 27.6 Å². The summed E-state index contributed by atoms with van der Waals surface area (Å²) < 4.78 is 5.16. The van der Waals surface area contributed by atoms with Gasteiger partial charge in [-0.2, -0.15) is 0 Å². The van der Waals surface area contributed by atoms with E-state index in [-0.39, 0.29) is 6.61 Å². The van der Waals surface area contributed by atoms with Gasteiger partial charge in [-0.3, -0.25) is 4.79 Å². The van der Waals surface area contributed by atoms with Crippen LogP contribution in [0.15, 0.2) is 66.7 Å². The minimum atomic E-state index is -0.474. The molecule has 0 saturated carbocycles. The highest BCUT2D eigenvalue weighted by Crippen LogP contribution is 2.34. The van der Waals surface area contributed by atoms with E-state index in [4.69, 9.17) is 16.2 Å². The van der Waals surface area contributed by atoms with Crippen molar-refractivity contribution in [3.8, 4) is 11.1 Å². The van der Waals surface area contributed by atoms with Crippen LogP contribution in [0.2, 0.25) is 0 Å². The molecule has 3 aromatic carbocycles. The molecule has 148 valence electrons. The van der Waals surface area contributed by atoms with E-state index in [2.05, 4.69) is 0 Å². The summed E-state index contributed by atoms with van der Waals surface area (Å²) in [7, 11) is 1.83. The molecule has 0 aliphatic heterocycles. The lowest BCUT2D eigenvalue weighted by molar-refractivity contribution is 0.0527. The number of nitrogen functional groups attached to an aromatic ring is 1. The molecule has 0 radical (unpaired) electrons. The summed E-state index contributed by atoms with van der Waals surface area (Å²) in [6.45, 7) is 2.04. The van der Waals surface area contributed by atoms with Gasteiger partial charge in [-0.05, 0) is 48.4 Å². The number of amides is 1. The third kappa shape index (κ3) is 4.06. The molecule has 0 aromatic heterocycles. The first kappa shape index (κ1) is 19.9. The van der Waals surface area contributed by atoms with Crippen LogP contribution in [-0.2, 0) is 4.74 Å². The molecule has 1 amide bonds. The molecule has 0 fully saturated rings. The number of hydrogen-bond acceptors (Lipinski definition) is 5. The van der Waals surface area contributed by atoms with Crippen LogP contribution in [0.3, 0.4) is 0 Å². The number of para-hydroxylation sites is 1. The maximum Gasteiger partial charge on any atom is 0.340 e. The van der Waals surface area contributed by atoms with Gasteiger partial charge in [-0.15, -0.1) is 0 Å². The van der Waals surface area contributed by atoms with Crippen molar-refractivity contribution in [2.45, 2.75) is 6.92 Å². The lowest BCUT2D eigenvalue weighted by atomic mass is 9.99. The zero-order valence-electron chi connectivity index (χ0n) is 16.4. The fraction of sp³-hybridized carbons (Fsp3) is 0.130. The second kappa shape index (κ2) is 8.48. The van der Waals surface area contributed by atoms with E-state index in [1.165, 1.54) is 0 Å². The molecule has 0 heterocycles. The van der Waals surface area contributed by atoms with Gasteiger partial charge >= 0.3 is 5.97 Å². The normalized spacial score (nSPS) is 10.4. The standard InChI is InChI=1S/C23H23N3O3/c1-3-29-23(28)19-9-6-10-20(24)21(19)26(2)16-13-11-15(12-14-16)17-7-4-5-8-18(17)22(25)27/h4-14H,3,24H2,1-2H3,(H2,25,27). The Kier molecular flexibility index (Phi) is 5.83. The first-order valence-corrected chi connectivity index (χ1v) is 9.22. The summed E-state index contributed by atoms with van der Waals surface area (Å²) in [5.41, 5.74) is 16.0. The van der Waals surface area contributed by atoms with Crippen molar-refractivity contribution in [3.05, 3.63) is 77.9 Å². The van der Waals surface area contributed by atoms with Crippen molar-refractivity contribution in [1.29, 1.82) is 0 Å². The number of benzene rings is 3. The molecular weight excluding hydrogens is 366 g/mol. The van der Waals surface area contributed by atoms with Crippen LogP contribution in [0, 0.1) is 0 Å². The van der Waals surface area contributed by atoms with E-state index < -0.39 is 11.9 Å². The maximum absolute atomic E-state index is 12.3. The molecule has 6 nitrogen and oxygen atoms in total. The second-order valence-corrected chi connectivity index (χ2v) is 6.48. The average molecular weight is 389 g/mol. The molecule has 29 heavy (non-hydrogen) atoms. The topological polar surface area (TPSA) is 98.7 Å². The molecular formula is C23H23N3O3. The highest BCUT2D eigenvalue weighted by Gasteiger charge is 2.19. The van der Waals surface area contributed by atoms with Crippen LogP contribution >= 0.6 is 0 Å². The fourth-order valence-corrected chi connectivity index (χ4v) is 3.25. The second-order valence-electron chi connectivity index (χ2n) is 6.48. The zero-order valence-corrected chi connectivity index (χ0v) is 16.4. The van der Waals surface area contributed by atoms with Crippen molar-refractivity contribution < 1.29 is 14.3 Å². The quantitative estimate of drug-likeness (QED) is 0.491. The van der Waals surface area contributed by atoms with Crippen molar-refractivity contribution in [2.75, 3.05) is 24.3 Å². The number of carbonyl (C=O) groups excluding carboxylic acids is 2. The molecule has 4 N–H and O–H groups in total. The van der Waals surface area contributed by atoms with Crippen molar-refractivity contribution in [2.24, 2.45) is 5.73 Å². The van der Waals surface area contributed by atoms with Crippen LogP contribution in [-0.4, -0.2) is 25.5 Å². The molecule has 0 unspecified atom stereocenters. The van der Waals surface area contributed by atoms with Crippen LogP contribution in [0.25, 0.3) is 11.1 Å². The number of nitrogens with zero attached hydrogens (tertiary/aromatic N) is 1. The summed E-state index contributed by atoms with van der Waals surface area (Å²) in [4.78, 5) is 25.9. The van der Waals surface area contributed by atoms with Crippen LogP contribution in [0.4, 0.5) is 17.1 Å². The summed E-state index contributed by atoms with van der Waals surface area (Å²) in [6.07, 6.45) is 0. The first-order valence-electron chi connectivity index (χ1n) is 9.22. The Labute approximate surface area is 169 Å². The number of rotatable bonds is 6. The van der Waals surface area contributed by atoms with E-state index in [0.29, 0.717) is 22.5 Å². The van der Waals surface area contributed by atoms with Crippen molar-refractivity contribution >= 4 is 28.9 Å². The van der Waals surface area contributed by atoms with Gasteiger partial charge in [0.05, 0.1) is 23.5 Å². The van der Waals surface area contributed by atoms with Gasteiger partial charge < -0.3 is 21.1 Å². The van der Waals surface area contributed by atoms with Gasteiger partial charge in [0.25, 0.3) is 0 Å². The Balaban J connectivity index is 1.98. The predicted octanol–water partition coefficient (Wildman–Crippen LogP) is 3.98. The number of hydrogen-bond donors (Lipinski definition) is 2. The Morgan fingerprint density at radius 2 is 1.59 bits per heavy atom. The molecule has 0 atom stereocenters. The largest absolute Gasteiger partial charge is 0.462 e. The minimum Gasteiger partial charge on any atom is -0.462 e. The Hall–Kier alpha value is -3.80. The molecule has 0 bridgehead atoms. The molecule has 6 heteroatoms. The molecule has 0 aliphatic rings. The SMILES string of the molecule is CCOC(=O)c1cccc(N)c1N(C)c1ccc(-c2ccccc2C(N)=O)cc1. The number of anilines is 3. The monoisotopic (exact) mass is 389 g/mol. The van der Waals surface area contributed by atoms with Crippen LogP contribution in [0.5, 0.6) is 0 Å². The number of primary amides is 1. The molecule has 0 saturated heterocycles. The summed E-state index contributed by atoms with van der Waals surface area (Å²) in [6, 6.07) is 19.9. The van der Waals surface area contributed by atoms with Gasteiger partial charge in [-0.1, -0.05) is 36.4 Å². The number of carbonyl (C=O) groups is 2. The van der Waals surface area contributed by atoms with E-state index in [1.54, 1.807) is 37.3 Å². The van der Waals surface area contributed by atoms with E-state index >= 15 is 0 Å². The van der Waals surface area contributed by atoms with Crippen molar-refractivity contribution in [1.82, 2.24) is 0 Å². The molecule has 0 aliphatic carbocycles. The third-order valence-electron chi connectivity index (χ3n) is 4.66. The van der Waals surface area contributed by atoms with Crippen molar-refractivity contribution in [3.63, 3.8) is 0 Å². The smallest absolute Gasteiger partial charge is 0.340 e.